The smallest absolute Gasteiger partial charge is 0.408 e. The Labute approximate surface area is 127 Å². The maximum atomic E-state index is 13.2. The van der Waals surface area contributed by atoms with Gasteiger partial charge >= 0.3 is 6.09 Å². The van der Waals surface area contributed by atoms with Gasteiger partial charge in [0.25, 0.3) is 5.91 Å². The Bertz CT molecular complexity index is 569. The van der Waals surface area contributed by atoms with E-state index in [1.165, 1.54) is 12.1 Å². The van der Waals surface area contributed by atoms with Crippen LogP contribution in [-0.2, 0) is 19.8 Å². The Morgan fingerprint density at radius 1 is 1.27 bits per heavy atom. The van der Waals surface area contributed by atoms with Crippen molar-refractivity contribution in [3.05, 3.63) is 35.6 Å². The van der Waals surface area contributed by atoms with E-state index in [4.69, 9.17) is 9.47 Å². The number of ether oxygens (including phenoxy) is 2. The van der Waals surface area contributed by atoms with Gasteiger partial charge in [-0.3, -0.25) is 4.79 Å². The standard InChI is InChI=1S/C15H17FN2O4/c16-11-3-1-10(2-4-11)15(5-7-21-8-6-15)18-13(19)12-9-17-14(20)22-12/h1-4,12H,5-9H2,(H,17,20)(H,18,19)/t12-/m0/s1. The topological polar surface area (TPSA) is 76.7 Å². The van der Waals surface area contributed by atoms with Gasteiger partial charge in [0, 0.05) is 13.2 Å². The molecule has 1 atom stereocenters. The Balaban J connectivity index is 1.81. The van der Waals surface area contributed by atoms with Gasteiger partial charge in [-0.05, 0) is 30.5 Å². The predicted octanol–water partition coefficient (Wildman–Crippen LogP) is 1.06. The molecule has 118 valence electrons. The summed E-state index contributed by atoms with van der Waals surface area (Å²) in [6.07, 6.45) is -0.271. The summed E-state index contributed by atoms with van der Waals surface area (Å²) in [5.74, 6) is -0.684. The number of cyclic esters (lactones) is 1. The van der Waals surface area contributed by atoms with Crippen molar-refractivity contribution in [3.63, 3.8) is 0 Å². The molecule has 2 saturated heterocycles. The zero-order valence-corrected chi connectivity index (χ0v) is 11.9. The lowest BCUT2D eigenvalue weighted by atomic mass is 9.82. The second kappa shape index (κ2) is 5.92. The lowest BCUT2D eigenvalue weighted by Crippen LogP contribution is -2.53. The summed E-state index contributed by atoms with van der Waals surface area (Å²) in [6, 6.07) is 6.07. The molecule has 3 rings (SSSR count). The second-order valence-corrected chi connectivity index (χ2v) is 5.47. The molecule has 7 heteroatoms. The van der Waals surface area contributed by atoms with Crippen LogP contribution in [0.15, 0.2) is 24.3 Å². The number of hydrogen-bond donors (Lipinski definition) is 2. The number of nitrogens with one attached hydrogen (secondary N) is 2. The summed E-state index contributed by atoms with van der Waals surface area (Å²) in [5.41, 5.74) is 0.195. The van der Waals surface area contributed by atoms with Gasteiger partial charge in [0.15, 0.2) is 6.10 Å². The molecule has 6 nitrogen and oxygen atoms in total. The average Bonchev–Trinajstić information content (AvgIpc) is 2.95. The van der Waals surface area contributed by atoms with E-state index in [1.807, 2.05) is 0 Å². The monoisotopic (exact) mass is 308 g/mol. The minimum atomic E-state index is -0.840. The van der Waals surface area contributed by atoms with Crippen molar-refractivity contribution in [2.75, 3.05) is 19.8 Å². The van der Waals surface area contributed by atoms with Gasteiger partial charge in [-0.1, -0.05) is 12.1 Å². The predicted molar refractivity (Wildman–Crippen MR) is 74.5 cm³/mol. The largest absolute Gasteiger partial charge is 0.434 e. The van der Waals surface area contributed by atoms with Crippen LogP contribution in [0.4, 0.5) is 9.18 Å². The van der Waals surface area contributed by atoms with Gasteiger partial charge in [-0.25, -0.2) is 9.18 Å². The summed E-state index contributed by atoms with van der Waals surface area (Å²) in [4.78, 5) is 23.4. The van der Waals surface area contributed by atoms with Gasteiger partial charge in [-0.2, -0.15) is 0 Å². The lowest BCUT2D eigenvalue weighted by Gasteiger charge is -2.39. The van der Waals surface area contributed by atoms with Crippen LogP contribution in [-0.4, -0.2) is 37.9 Å². The molecular weight excluding hydrogens is 291 g/mol. The SMILES string of the molecule is O=C1NC[C@@H](C(=O)NC2(c3ccc(F)cc3)CCOCC2)O1. The van der Waals surface area contributed by atoms with Crippen molar-refractivity contribution in [2.24, 2.45) is 0 Å². The molecule has 2 fully saturated rings. The zero-order chi connectivity index (χ0) is 15.6. The van der Waals surface area contributed by atoms with Crippen molar-refractivity contribution < 1.29 is 23.5 Å². The molecule has 2 heterocycles. The molecular formula is C15H17FN2O4. The highest BCUT2D eigenvalue weighted by atomic mass is 19.1. The highest BCUT2D eigenvalue weighted by molar-refractivity contribution is 5.86. The van der Waals surface area contributed by atoms with Gasteiger partial charge in [-0.15, -0.1) is 0 Å². The normalized spacial score (nSPS) is 23.5. The highest BCUT2D eigenvalue weighted by Gasteiger charge is 2.39. The van der Waals surface area contributed by atoms with Crippen molar-refractivity contribution >= 4 is 12.0 Å². The third-order valence-electron chi connectivity index (χ3n) is 4.08. The third kappa shape index (κ3) is 2.89. The van der Waals surface area contributed by atoms with Crippen molar-refractivity contribution in [1.82, 2.24) is 10.6 Å². The van der Waals surface area contributed by atoms with E-state index in [2.05, 4.69) is 10.6 Å². The Hall–Kier alpha value is -2.15. The molecule has 0 radical (unpaired) electrons. The van der Waals surface area contributed by atoms with E-state index in [0.717, 1.165) is 5.56 Å². The number of carbonyl (C=O) groups is 2. The van der Waals surface area contributed by atoms with Gasteiger partial charge in [0.2, 0.25) is 0 Å². The van der Waals surface area contributed by atoms with E-state index in [0.29, 0.717) is 26.1 Å². The van der Waals surface area contributed by atoms with Crippen LogP contribution in [0.1, 0.15) is 18.4 Å². The quantitative estimate of drug-likeness (QED) is 0.875. The molecule has 0 saturated carbocycles. The fourth-order valence-electron chi connectivity index (χ4n) is 2.83. The summed E-state index contributed by atoms with van der Waals surface area (Å²) in [6.45, 7) is 1.15. The molecule has 0 bridgehead atoms. The van der Waals surface area contributed by atoms with Crippen molar-refractivity contribution in [1.29, 1.82) is 0 Å². The van der Waals surface area contributed by atoms with E-state index in [-0.39, 0.29) is 18.3 Å². The average molecular weight is 308 g/mol. The molecule has 0 spiro atoms. The van der Waals surface area contributed by atoms with Crippen molar-refractivity contribution in [2.45, 2.75) is 24.5 Å². The van der Waals surface area contributed by atoms with Gasteiger partial charge in [0.1, 0.15) is 5.82 Å². The fourth-order valence-corrected chi connectivity index (χ4v) is 2.83. The second-order valence-electron chi connectivity index (χ2n) is 5.47. The van der Waals surface area contributed by atoms with Crippen LogP contribution < -0.4 is 10.6 Å². The highest BCUT2D eigenvalue weighted by Crippen LogP contribution is 2.32. The first-order valence-electron chi connectivity index (χ1n) is 7.19. The molecule has 2 aliphatic heterocycles. The molecule has 2 N–H and O–H groups in total. The zero-order valence-electron chi connectivity index (χ0n) is 11.9. The van der Waals surface area contributed by atoms with Crippen LogP contribution >= 0.6 is 0 Å². The van der Waals surface area contributed by atoms with Crippen LogP contribution in [0.2, 0.25) is 0 Å². The van der Waals surface area contributed by atoms with Gasteiger partial charge < -0.3 is 20.1 Å². The van der Waals surface area contributed by atoms with E-state index in [9.17, 15) is 14.0 Å². The third-order valence-corrected chi connectivity index (χ3v) is 4.08. The van der Waals surface area contributed by atoms with E-state index in [1.54, 1.807) is 12.1 Å². The summed E-state index contributed by atoms with van der Waals surface area (Å²) in [7, 11) is 0. The van der Waals surface area contributed by atoms with Crippen LogP contribution in [0.3, 0.4) is 0 Å². The molecule has 1 aromatic rings. The number of alkyl carbamates (subject to hydrolysis) is 1. The van der Waals surface area contributed by atoms with Gasteiger partial charge in [0.05, 0.1) is 12.1 Å². The Kier molecular flexibility index (Phi) is 3.98. The first-order valence-corrected chi connectivity index (χ1v) is 7.19. The van der Waals surface area contributed by atoms with Crippen molar-refractivity contribution in [3.8, 4) is 0 Å². The van der Waals surface area contributed by atoms with Crippen LogP contribution in [0.25, 0.3) is 0 Å². The number of hydrogen-bond acceptors (Lipinski definition) is 4. The number of halogens is 1. The van der Waals surface area contributed by atoms with E-state index >= 15 is 0 Å². The first kappa shape index (κ1) is 14.8. The number of carbonyl (C=O) groups excluding carboxylic acids is 2. The molecule has 0 aromatic heterocycles. The van der Waals surface area contributed by atoms with Crippen LogP contribution in [0.5, 0.6) is 0 Å². The molecule has 22 heavy (non-hydrogen) atoms. The molecule has 2 amide bonds. The molecule has 0 unspecified atom stereocenters. The molecule has 1 aromatic carbocycles. The fraction of sp³-hybridized carbons (Fsp3) is 0.467. The number of rotatable bonds is 3. The van der Waals surface area contributed by atoms with E-state index < -0.39 is 17.7 Å². The van der Waals surface area contributed by atoms with Crippen LogP contribution in [0, 0.1) is 5.82 Å². The summed E-state index contributed by atoms with van der Waals surface area (Å²) >= 11 is 0. The first-order chi connectivity index (χ1) is 10.6. The number of amides is 2. The molecule has 2 aliphatic rings. The minimum Gasteiger partial charge on any atom is -0.434 e. The molecule has 0 aliphatic carbocycles. The number of benzene rings is 1. The lowest BCUT2D eigenvalue weighted by molar-refractivity contribution is -0.131. The Morgan fingerprint density at radius 2 is 1.95 bits per heavy atom. The Morgan fingerprint density at radius 3 is 2.55 bits per heavy atom. The maximum Gasteiger partial charge on any atom is 0.408 e. The maximum absolute atomic E-state index is 13.2. The summed E-state index contributed by atoms with van der Waals surface area (Å²) < 4.78 is 23.4. The minimum absolute atomic E-state index is 0.153. The summed E-state index contributed by atoms with van der Waals surface area (Å²) in [5, 5.41) is 5.42.